The van der Waals surface area contributed by atoms with Crippen molar-refractivity contribution in [2.24, 2.45) is 16.5 Å². The molecule has 0 spiro atoms. The van der Waals surface area contributed by atoms with E-state index in [9.17, 15) is 43.3 Å². The van der Waals surface area contributed by atoms with Crippen molar-refractivity contribution in [3.8, 4) is 0 Å². The van der Waals surface area contributed by atoms with Crippen LogP contribution in [0.2, 0.25) is 0 Å². The molecule has 0 bridgehead atoms. The Hall–Kier alpha value is -2.86. The molecule has 0 saturated heterocycles. The van der Waals surface area contributed by atoms with Crippen molar-refractivity contribution in [3.05, 3.63) is 46.5 Å². The van der Waals surface area contributed by atoms with E-state index >= 15 is 0 Å². The number of hydrogen-bond acceptors (Lipinski definition) is 10. The van der Waals surface area contributed by atoms with Crippen LogP contribution in [0.15, 0.2) is 48.8 Å². The largest absolute Gasteiger partial charge is 0.370 e. The minimum absolute atomic E-state index is 0.0175. The standard InChI is InChI=1S/C18H27N3O5S2.C17H23ClO5S2/c1-3-12-10-16(28(25,26)13-8-6-4-5-7-9-13)15(27(2,23)24)11-14(12)17(22)21-18(19)20;1-3-12-10-16(15(24(2,20)21)11-14(12)17(18)19)25(22,23)13-8-6-4-5-7-9-13/h10-11,13H,3-9H2,1-2H3,(H4,19,20,21,22);10-11,13H,3-9H2,1-2H3. The van der Waals surface area contributed by atoms with E-state index in [-0.39, 0.29) is 30.7 Å². The second-order valence-electron chi connectivity index (χ2n) is 13.6. The Kier molecular flexibility index (Phi) is 15.3. The topological polar surface area (TPSA) is 235 Å². The van der Waals surface area contributed by atoms with Gasteiger partial charge in [-0.2, -0.15) is 4.99 Å². The third-order valence-electron chi connectivity index (χ3n) is 9.67. The third-order valence-corrected chi connectivity index (χ3v) is 17.0. The van der Waals surface area contributed by atoms with Crippen LogP contribution < -0.4 is 11.5 Å². The maximum absolute atomic E-state index is 13.3. The lowest BCUT2D eigenvalue weighted by molar-refractivity contribution is 0.100. The van der Waals surface area contributed by atoms with Crippen LogP contribution in [0.25, 0.3) is 0 Å². The zero-order chi connectivity index (χ0) is 39.9. The molecule has 0 aromatic heterocycles. The molecule has 296 valence electrons. The summed E-state index contributed by atoms with van der Waals surface area (Å²) < 4.78 is 102. The van der Waals surface area contributed by atoms with Gasteiger partial charge < -0.3 is 11.5 Å². The number of aliphatic imine (C=N–C) groups is 1. The number of sulfone groups is 4. The van der Waals surface area contributed by atoms with E-state index in [1.807, 2.05) is 0 Å². The molecule has 4 rings (SSSR count). The molecule has 0 aliphatic heterocycles. The molecule has 2 aromatic rings. The number of nitrogens with zero attached hydrogens (tertiary/aromatic N) is 1. The molecule has 53 heavy (non-hydrogen) atoms. The highest BCUT2D eigenvalue weighted by Crippen LogP contribution is 2.35. The highest BCUT2D eigenvalue weighted by atomic mass is 35.5. The van der Waals surface area contributed by atoms with Crippen LogP contribution in [-0.4, -0.2) is 73.8 Å². The quantitative estimate of drug-likeness (QED) is 0.138. The van der Waals surface area contributed by atoms with E-state index in [0.29, 0.717) is 49.7 Å². The second-order valence-corrected chi connectivity index (χ2v) is 22.3. The van der Waals surface area contributed by atoms with E-state index in [1.54, 1.807) is 13.8 Å². The van der Waals surface area contributed by atoms with Gasteiger partial charge in [0.15, 0.2) is 45.3 Å². The number of benzene rings is 2. The summed E-state index contributed by atoms with van der Waals surface area (Å²) in [4.78, 5) is 26.3. The van der Waals surface area contributed by atoms with Crippen molar-refractivity contribution < 1.29 is 43.3 Å². The summed E-state index contributed by atoms with van der Waals surface area (Å²) in [6.07, 6.45) is 11.8. The predicted molar refractivity (Wildman–Crippen MR) is 206 cm³/mol. The van der Waals surface area contributed by atoms with Gasteiger partial charge in [0.05, 0.1) is 30.1 Å². The fourth-order valence-corrected chi connectivity index (χ4v) is 14.0. The number of rotatable bonds is 10. The summed E-state index contributed by atoms with van der Waals surface area (Å²) in [6, 6.07) is 4.83. The molecule has 0 unspecified atom stereocenters. The average molecular weight is 837 g/mol. The van der Waals surface area contributed by atoms with E-state index in [2.05, 4.69) is 4.99 Å². The van der Waals surface area contributed by atoms with Gasteiger partial charge >= 0.3 is 0 Å². The molecular weight excluding hydrogens is 786 g/mol. The van der Waals surface area contributed by atoms with Crippen LogP contribution in [-0.2, 0) is 52.2 Å². The van der Waals surface area contributed by atoms with Gasteiger partial charge in [0, 0.05) is 23.6 Å². The molecule has 2 fully saturated rings. The number of aryl methyl sites for hydroxylation is 2. The Bertz CT molecular complexity index is 2170. The molecule has 18 heteroatoms. The first kappa shape index (κ1) is 44.5. The molecule has 2 aliphatic carbocycles. The molecule has 0 atom stereocenters. The lowest BCUT2D eigenvalue weighted by atomic mass is 10.0. The lowest BCUT2D eigenvalue weighted by Crippen LogP contribution is -2.25. The molecular formula is C35H50ClN3O10S4. The molecule has 0 radical (unpaired) electrons. The van der Waals surface area contributed by atoms with Crippen LogP contribution in [0.1, 0.15) is 123 Å². The normalized spacial score (nSPS) is 16.8. The van der Waals surface area contributed by atoms with Crippen LogP contribution in [0.3, 0.4) is 0 Å². The van der Waals surface area contributed by atoms with E-state index in [4.69, 9.17) is 23.1 Å². The zero-order valence-corrected chi connectivity index (χ0v) is 34.6. The minimum Gasteiger partial charge on any atom is -0.370 e. The van der Waals surface area contributed by atoms with Crippen LogP contribution in [0.4, 0.5) is 0 Å². The van der Waals surface area contributed by atoms with Crippen molar-refractivity contribution >= 4 is 68.1 Å². The van der Waals surface area contributed by atoms with Gasteiger partial charge in [-0.15, -0.1) is 0 Å². The number of halogens is 1. The second kappa shape index (κ2) is 18.2. The van der Waals surface area contributed by atoms with Crippen molar-refractivity contribution in [3.63, 3.8) is 0 Å². The lowest BCUT2D eigenvalue weighted by Gasteiger charge is -2.19. The Morgan fingerprint density at radius 3 is 1.25 bits per heavy atom. The monoisotopic (exact) mass is 835 g/mol. The molecule has 2 aromatic carbocycles. The first-order valence-electron chi connectivity index (χ1n) is 17.6. The Morgan fingerprint density at radius 2 is 0.943 bits per heavy atom. The molecule has 1 amide bonds. The van der Waals surface area contributed by atoms with Gasteiger partial charge in [-0.1, -0.05) is 65.2 Å². The zero-order valence-electron chi connectivity index (χ0n) is 30.6. The number of carbonyl (C=O) groups is 2. The average Bonchev–Trinajstić information content (AvgIpc) is 3.53. The maximum atomic E-state index is 13.3. The molecule has 2 aliphatic rings. The smallest absolute Gasteiger partial charge is 0.280 e. The van der Waals surface area contributed by atoms with Gasteiger partial charge in [-0.05, 0) is 85.5 Å². The van der Waals surface area contributed by atoms with Crippen molar-refractivity contribution in [1.82, 2.24) is 0 Å². The van der Waals surface area contributed by atoms with Crippen molar-refractivity contribution in [2.45, 2.75) is 134 Å². The van der Waals surface area contributed by atoms with Crippen molar-refractivity contribution in [1.29, 1.82) is 0 Å². The number of hydrogen-bond donors (Lipinski definition) is 2. The fraction of sp³-hybridized carbons (Fsp3) is 0.571. The first-order valence-corrected chi connectivity index (χ1v) is 24.9. The SMILES string of the molecule is CCc1cc(S(=O)(=O)C2CCCCCC2)c(S(C)(=O)=O)cc1C(=O)Cl.CCc1cc(S(=O)(=O)C2CCCCCC2)c(S(C)(=O)=O)cc1C(=O)N=C(N)N. The Balaban J connectivity index is 0.000000287. The summed E-state index contributed by atoms with van der Waals surface area (Å²) in [5, 5.41) is -2.00. The Morgan fingerprint density at radius 1 is 0.604 bits per heavy atom. The number of amides is 1. The summed E-state index contributed by atoms with van der Waals surface area (Å²) in [6.45, 7) is 3.50. The van der Waals surface area contributed by atoms with Crippen LogP contribution in [0.5, 0.6) is 0 Å². The van der Waals surface area contributed by atoms with Gasteiger partial charge in [0.2, 0.25) is 0 Å². The van der Waals surface area contributed by atoms with Crippen LogP contribution in [0, 0.1) is 0 Å². The minimum atomic E-state index is -3.92. The number of carbonyl (C=O) groups excluding carboxylic acids is 2. The van der Waals surface area contributed by atoms with Gasteiger partial charge in [-0.3, -0.25) is 9.59 Å². The van der Waals surface area contributed by atoms with Crippen molar-refractivity contribution in [2.75, 3.05) is 12.5 Å². The molecule has 4 N–H and O–H groups in total. The number of nitrogens with two attached hydrogens (primary N) is 2. The van der Waals surface area contributed by atoms with E-state index in [0.717, 1.165) is 76.0 Å². The van der Waals surface area contributed by atoms with Gasteiger partial charge in [-0.25, -0.2) is 33.7 Å². The molecule has 2 saturated carbocycles. The summed E-state index contributed by atoms with van der Waals surface area (Å²) in [5.41, 5.74) is 11.4. The summed E-state index contributed by atoms with van der Waals surface area (Å²) in [7, 11) is -15.4. The third kappa shape index (κ3) is 11.1. The summed E-state index contributed by atoms with van der Waals surface area (Å²) in [5.74, 6) is -1.26. The maximum Gasteiger partial charge on any atom is 0.280 e. The number of guanidine groups is 1. The highest BCUT2D eigenvalue weighted by molar-refractivity contribution is 7.95. The van der Waals surface area contributed by atoms with Gasteiger partial charge in [0.1, 0.15) is 0 Å². The van der Waals surface area contributed by atoms with Gasteiger partial charge in [0.25, 0.3) is 11.1 Å². The van der Waals surface area contributed by atoms with Crippen LogP contribution >= 0.6 is 11.6 Å². The highest BCUT2D eigenvalue weighted by Gasteiger charge is 2.35. The molecule has 13 nitrogen and oxygen atoms in total. The van der Waals surface area contributed by atoms with E-state index in [1.165, 1.54) is 12.1 Å². The summed E-state index contributed by atoms with van der Waals surface area (Å²) >= 11 is 5.56. The Labute approximate surface area is 319 Å². The fourth-order valence-electron chi connectivity index (χ4n) is 6.84. The molecule has 0 heterocycles. The van der Waals surface area contributed by atoms with E-state index < -0.39 is 67.0 Å². The first-order chi connectivity index (χ1) is 24.6. The predicted octanol–water partition coefficient (Wildman–Crippen LogP) is 5.09.